The van der Waals surface area contributed by atoms with Crippen LogP contribution < -0.4 is 20.1 Å². The van der Waals surface area contributed by atoms with Gasteiger partial charge in [0.05, 0.1) is 39.3 Å². The third kappa shape index (κ3) is 9.25. The van der Waals surface area contributed by atoms with E-state index >= 15 is 0 Å². The number of para-hydroxylation sites is 1. The van der Waals surface area contributed by atoms with Crippen molar-refractivity contribution in [2.24, 2.45) is 0 Å². The van der Waals surface area contributed by atoms with Gasteiger partial charge < -0.3 is 20.3 Å². The number of hydrogen-bond donors (Lipinski definition) is 3. The summed E-state index contributed by atoms with van der Waals surface area (Å²) in [5.41, 5.74) is 1.48. The minimum Gasteiger partial charge on any atom is -0.472 e. The number of halogens is 2. The smallest absolute Gasteiger partial charge is 0.272 e. The molecule has 56 heavy (non-hydrogen) atoms. The molecule has 2 aliphatic heterocycles. The second-order valence-corrected chi connectivity index (χ2v) is 18.4. The van der Waals surface area contributed by atoms with E-state index < -0.39 is 67.1 Å². The Kier molecular flexibility index (Phi) is 12.7. The van der Waals surface area contributed by atoms with Crippen molar-refractivity contribution in [1.29, 1.82) is 0 Å². The highest BCUT2D eigenvalue weighted by molar-refractivity contribution is 14.1. The molecule has 1 aliphatic carbocycles. The van der Waals surface area contributed by atoms with Gasteiger partial charge in [0.1, 0.15) is 29.9 Å². The molecule has 2 fully saturated rings. The van der Waals surface area contributed by atoms with Crippen LogP contribution in [0.1, 0.15) is 67.5 Å². The molecule has 4 amide bonds. The molecule has 1 unspecified atom stereocenters. The molecule has 2 aromatic heterocycles. The predicted octanol–water partition coefficient (Wildman–Crippen LogP) is 4.68. The van der Waals surface area contributed by atoms with Crippen molar-refractivity contribution in [1.82, 2.24) is 35.2 Å². The lowest BCUT2D eigenvalue weighted by molar-refractivity contribution is -0.140. The first-order chi connectivity index (χ1) is 27.0. The van der Waals surface area contributed by atoms with Gasteiger partial charge in [0, 0.05) is 21.6 Å². The number of rotatable bonds is 8. The van der Waals surface area contributed by atoms with Crippen LogP contribution in [0.5, 0.6) is 5.88 Å². The number of pyridine rings is 1. The molecule has 3 aliphatic rings. The molecule has 1 saturated carbocycles. The van der Waals surface area contributed by atoms with Crippen molar-refractivity contribution >= 4 is 101 Å². The molecule has 0 bridgehead atoms. The molecule has 0 radical (unpaired) electrons. The van der Waals surface area contributed by atoms with Crippen LogP contribution in [0.25, 0.3) is 21.7 Å². The van der Waals surface area contributed by atoms with Crippen LogP contribution >= 0.6 is 45.2 Å². The van der Waals surface area contributed by atoms with Crippen molar-refractivity contribution in [2.45, 2.75) is 89.2 Å². The van der Waals surface area contributed by atoms with Gasteiger partial charge in [-0.15, -0.1) is 0 Å². The molecule has 14 nitrogen and oxygen atoms in total. The van der Waals surface area contributed by atoms with Crippen LogP contribution in [0.15, 0.2) is 73.1 Å². The van der Waals surface area contributed by atoms with Gasteiger partial charge in [0.25, 0.3) is 11.8 Å². The number of ether oxygens (including phenoxy) is 1. The van der Waals surface area contributed by atoms with Crippen LogP contribution in [0.3, 0.4) is 0 Å². The zero-order valence-electron chi connectivity index (χ0n) is 30.3. The van der Waals surface area contributed by atoms with Crippen molar-refractivity contribution in [3.05, 3.63) is 84.5 Å². The van der Waals surface area contributed by atoms with Crippen LogP contribution in [0, 0.1) is 0 Å². The minimum atomic E-state index is -3.91. The molecule has 17 heteroatoms. The molecule has 294 valence electrons. The summed E-state index contributed by atoms with van der Waals surface area (Å²) in [6.07, 6.45) is 9.95. The van der Waals surface area contributed by atoms with E-state index in [2.05, 4.69) is 47.9 Å². The van der Waals surface area contributed by atoms with Gasteiger partial charge in [-0.05, 0) is 49.6 Å². The first-order valence-electron chi connectivity index (χ1n) is 18.6. The van der Waals surface area contributed by atoms with E-state index in [0.717, 1.165) is 34.5 Å². The van der Waals surface area contributed by atoms with Gasteiger partial charge in [-0.3, -0.25) is 28.9 Å². The summed E-state index contributed by atoms with van der Waals surface area (Å²) >= 11 is 4.17. The van der Waals surface area contributed by atoms with E-state index in [-0.39, 0.29) is 18.7 Å². The SMILES string of the molecule is O=C(N[C@H]1CCCCC/C=C\C(I)[C@H](C(=O)NS(=O)(=O)C2CC2)NC(=O)[C@@H]2C[C@@H](Oc3nc4ccccc4c4ccccc34)CN2C1=O)c1cnc(CI)cn1. The van der Waals surface area contributed by atoms with Gasteiger partial charge in [-0.2, -0.15) is 0 Å². The van der Waals surface area contributed by atoms with Crippen LogP contribution in [0.2, 0.25) is 0 Å². The maximum Gasteiger partial charge on any atom is 0.272 e. The number of allylic oxidation sites excluding steroid dienone is 1. The third-order valence-corrected chi connectivity index (χ3v) is 13.9. The van der Waals surface area contributed by atoms with Gasteiger partial charge in [0.2, 0.25) is 27.7 Å². The maximum absolute atomic E-state index is 14.7. The standard InChI is InChI=1S/C39H41I2N7O7S/c40-19-23-20-43-32(21-42-23)35(49)44-31-15-5-3-1-2-4-13-29(41)34(37(51)47-56(53,54)25-16-17-25)46-36(50)33-18-24(22-48(33)39(31)52)55-38-28-12-7-6-10-26(28)27-11-8-9-14-30(27)45-38/h4,6-14,20-21,24-25,29,31,33-34H,1-3,5,15-19,22H2,(H,44,49)(H,46,50)(H,47,51)/b13-4-/t24-,29?,31+,33+,34-/m1/s1. The van der Waals surface area contributed by atoms with Gasteiger partial charge in [-0.1, -0.05) is 107 Å². The second kappa shape index (κ2) is 17.7. The van der Waals surface area contributed by atoms with Crippen LogP contribution in [-0.4, -0.2) is 91.8 Å². The topological polar surface area (TPSA) is 190 Å². The Hall–Kier alpha value is -3.98. The van der Waals surface area contributed by atoms with Crippen molar-refractivity contribution in [3.8, 4) is 5.88 Å². The molecule has 5 atom stereocenters. The number of hydrogen-bond acceptors (Lipinski definition) is 10. The number of sulfonamides is 1. The van der Waals surface area contributed by atoms with E-state index in [9.17, 15) is 27.6 Å². The average molecular weight is 1010 g/mol. The van der Waals surface area contributed by atoms with Crippen LogP contribution in [0.4, 0.5) is 0 Å². The van der Waals surface area contributed by atoms with Crippen molar-refractivity contribution in [2.75, 3.05) is 6.54 Å². The van der Waals surface area contributed by atoms with E-state index in [1.165, 1.54) is 17.3 Å². The van der Waals surface area contributed by atoms with Gasteiger partial charge >= 0.3 is 0 Å². The fraction of sp³-hybridized carbons (Fsp3) is 0.410. The first-order valence-corrected chi connectivity index (χ1v) is 22.9. The highest BCUT2D eigenvalue weighted by Gasteiger charge is 2.45. The summed E-state index contributed by atoms with van der Waals surface area (Å²) in [6.45, 7) is -0.0171. The number of benzene rings is 2. The highest BCUT2D eigenvalue weighted by atomic mass is 127. The number of nitrogens with one attached hydrogen (secondary N) is 3. The number of carbonyl (C=O) groups excluding carboxylic acids is 4. The van der Waals surface area contributed by atoms with E-state index in [4.69, 9.17) is 9.72 Å². The summed E-state index contributed by atoms with van der Waals surface area (Å²) in [7, 11) is -3.91. The number of carbonyl (C=O) groups is 4. The van der Waals surface area contributed by atoms with E-state index in [1.54, 1.807) is 6.08 Å². The molecular formula is C39H41I2N7O7S. The summed E-state index contributed by atoms with van der Waals surface area (Å²) in [4.78, 5) is 70.9. The lowest BCUT2D eigenvalue weighted by Crippen LogP contribution is -2.58. The average Bonchev–Trinajstić information content (AvgIpc) is 3.99. The number of alkyl halides is 2. The molecule has 7 rings (SSSR count). The number of nitrogens with zero attached hydrogens (tertiary/aromatic N) is 4. The molecule has 4 heterocycles. The lowest BCUT2D eigenvalue weighted by atomic mass is 10.0. The zero-order chi connectivity index (χ0) is 39.4. The largest absolute Gasteiger partial charge is 0.472 e. The Bertz CT molecular complexity index is 2270. The quantitative estimate of drug-likeness (QED) is 0.0969. The molecule has 1 saturated heterocycles. The maximum atomic E-state index is 14.7. The highest BCUT2D eigenvalue weighted by Crippen LogP contribution is 2.33. The Labute approximate surface area is 351 Å². The van der Waals surface area contributed by atoms with Crippen LogP contribution in [-0.2, 0) is 28.8 Å². The van der Waals surface area contributed by atoms with Crippen molar-refractivity contribution < 1.29 is 32.3 Å². The van der Waals surface area contributed by atoms with Gasteiger partial charge in [-0.25, -0.2) is 18.4 Å². The van der Waals surface area contributed by atoms with E-state index in [1.807, 2.05) is 77.2 Å². The molecule has 4 aromatic rings. The Morgan fingerprint density at radius 2 is 1.70 bits per heavy atom. The zero-order valence-corrected chi connectivity index (χ0v) is 35.4. The third-order valence-electron chi connectivity index (χ3n) is 10.2. The Morgan fingerprint density at radius 1 is 0.946 bits per heavy atom. The Balaban J connectivity index is 1.21. The summed E-state index contributed by atoms with van der Waals surface area (Å²) in [6, 6.07) is 12.0. The molecular weight excluding hydrogens is 964 g/mol. The minimum absolute atomic E-state index is 0.0171. The fourth-order valence-electron chi connectivity index (χ4n) is 7.06. The second-order valence-electron chi connectivity index (χ2n) is 14.2. The first kappa shape index (κ1) is 40.2. The number of aromatic nitrogens is 3. The molecule has 2 aromatic carbocycles. The Morgan fingerprint density at radius 3 is 2.43 bits per heavy atom. The van der Waals surface area contributed by atoms with E-state index in [0.29, 0.717) is 48.1 Å². The summed E-state index contributed by atoms with van der Waals surface area (Å²) in [5, 5.41) is 7.66. The predicted molar refractivity (Wildman–Crippen MR) is 227 cm³/mol. The fourth-order valence-corrected chi connectivity index (χ4v) is 9.58. The summed E-state index contributed by atoms with van der Waals surface area (Å²) < 4.78 is 34.4. The lowest BCUT2D eigenvalue weighted by Gasteiger charge is -2.30. The number of fused-ring (bicyclic) bond motifs is 4. The molecule has 3 N–H and O–H groups in total. The normalized spacial score (nSPS) is 24.4. The van der Waals surface area contributed by atoms with Crippen molar-refractivity contribution in [3.63, 3.8) is 0 Å². The van der Waals surface area contributed by atoms with Gasteiger partial charge in [0.15, 0.2) is 0 Å². The molecule has 0 spiro atoms. The number of amides is 4. The monoisotopic (exact) mass is 1010 g/mol. The summed E-state index contributed by atoms with van der Waals surface area (Å²) in [5.74, 6) is -2.22.